The van der Waals surface area contributed by atoms with Crippen LogP contribution in [0.4, 0.5) is 0 Å². The molecule has 5 rings (SSSR count). The zero-order valence-corrected chi connectivity index (χ0v) is 21.8. The Morgan fingerprint density at radius 3 is 2.55 bits per heavy atom. The monoisotopic (exact) mass is 510 g/mol. The maximum absolute atomic E-state index is 14.4. The van der Waals surface area contributed by atoms with Crippen molar-refractivity contribution in [2.45, 2.75) is 51.0 Å². The van der Waals surface area contributed by atoms with Crippen LogP contribution in [0.2, 0.25) is 0 Å². The van der Waals surface area contributed by atoms with Crippen molar-refractivity contribution in [1.82, 2.24) is 9.47 Å². The summed E-state index contributed by atoms with van der Waals surface area (Å²) in [6, 6.07) is 1.41. The van der Waals surface area contributed by atoms with Crippen LogP contribution in [0.5, 0.6) is 0 Å². The summed E-state index contributed by atoms with van der Waals surface area (Å²) >= 11 is 0. The molecule has 196 valence electrons. The Balaban J connectivity index is 1.60. The topological polar surface area (TPSA) is 79.6 Å². The van der Waals surface area contributed by atoms with Gasteiger partial charge in [0.15, 0.2) is 0 Å². The molecule has 4 aliphatic rings. The molecule has 38 heavy (non-hydrogen) atoms. The number of hydrogen-bond acceptors (Lipinski definition) is 4. The molecule has 1 heterocycles. The van der Waals surface area contributed by atoms with Crippen LogP contribution in [0, 0.1) is 5.92 Å². The number of carbonyl (C=O) groups excluding carboxylic acids is 2. The van der Waals surface area contributed by atoms with Gasteiger partial charge in [0.25, 0.3) is 11.5 Å². The standard InChI is InChI=1S/C32H34N2O4/c1-33(26-18-16-22(21-35)17-19-26)30(36)27-20-25-14-8-9-15-28(25)34(31(27)37)32(38)29(23-10-4-2-5-11-23)24-12-6-3-7-13-24/h2,4,6,10,12-18,20,26,29,35H,3,5,7-9,11,19,21H2,1H3. The highest BCUT2D eigenvalue weighted by atomic mass is 16.3. The molecule has 0 fully saturated rings. The second kappa shape index (κ2) is 11.3. The molecule has 2 atom stereocenters. The number of fused-ring (bicyclic) bond motifs is 1. The summed E-state index contributed by atoms with van der Waals surface area (Å²) in [7, 11) is 1.68. The summed E-state index contributed by atoms with van der Waals surface area (Å²) < 4.78 is 1.26. The van der Waals surface area contributed by atoms with Crippen molar-refractivity contribution >= 4 is 24.0 Å². The number of nitrogens with zero attached hydrogens (tertiary/aromatic N) is 2. The Labute approximate surface area is 222 Å². The molecule has 0 saturated carbocycles. The van der Waals surface area contributed by atoms with E-state index in [9.17, 15) is 19.5 Å². The van der Waals surface area contributed by atoms with E-state index in [0.717, 1.165) is 60.5 Å². The summed E-state index contributed by atoms with van der Waals surface area (Å²) in [5.74, 6) is -1.29. The average molecular weight is 511 g/mol. The summed E-state index contributed by atoms with van der Waals surface area (Å²) in [5.41, 5.74) is 2.14. The van der Waals surface area contributed by atoms with Crippen LogP contribution in [0.15, 0.2) is 82.3 Å². The number of allylic oxidation sites excluding steroid dienone is 8. The number of rotatable bonds is 6. The van der Waals surface area contributed by atoms with E-state index in [0.29, 0.717) is 11.8 Å². The van der Waals surface area contributed by atoms with Crippen LogP contribution in [0.25, 0.3) is 12.2 Å². The lowest BCUT2D eigenvalue weighted by molar-refractivity contribution is 0.0757. The molecule has 6 heteroatoms. The fraction of sp³-hybridized carbons (Fsp3) is 0.344. The molecule has 2 unspecified atom stereocenters. The van der Waals surface area contributed by atoms with Crippen LogP contribution in [-0.4, -0.2) is 46.1 Å². The molecule has 1 aromatic rings. The maximum atomic E-state index is 14.4. The van der Waals surface area contributed by atoms with Crippen molar-refractivity contribution in [3.8, 4) is 0 Å². The van der Waals surface area contributed by atoms with Crippen molar-refractivity contribution in [3.05, 3.63) is 104 Å². The Bertz CT molecular complexity index is 1510. The van der Waals surface area contributed by atoms with Crippen LogP contribution in [-0.2, 0) is 0 Å². The van der Waals surface area contributed by atoms with Crippen LogP contribution >= 0.6 is 0 Å². The molecule has 1 amide bonds. The number of amides is 1. The third-order valence-corrected chi connectivity index (χ3v) is 7.76. The van der Waals surface area contributed by atoms with Gasteiger partial charge in [0.1, 0.15) is 5.56 Å². The fourth-order valence-corrected chi connectivity index (χ4v) is 5.61. The first-order chi connectivity index (χ1) is 18.5. The van der Waals surface area contributed by atoms with Crippen LogP contribution < -0.4 is 16.1 Å². The minimum atomic E-state index is -0.569. The smallest absolute Gasteiger partial charge is 0.270 e. The number of aliphatic hydroxyl groups is 1. The van der Waals surface area contributed by atoms with Gasteiger partial charge in [0.05, 0.1) is 23.9 Å². The molecule has 6 nitrogen and oxygen atoms in total. The molecule has 0 radical (unpaired) electrons. The van der Waals surface area contributed by atoms with Gasteiger partial charge in [-0.25, -0.2) is 4.57 Å². The maximum Gasteiger partial charge on any atom is 0.270 e. The Morgan fingerprint density at radius 2 is 1.87 bits per heavy atom. The molecule has 0 aromatic carbocycles. The van der Waals surface area contributed by atoms with E-state index >= 15 is 0 Å². The molecular formula is C32H34N2O4. The van der Waals surface area contributed by atoms with Gasteiger partial charge < -0.3 is 10.0 Å². The van der Waals surface area contributed by atoms with Crippen LogP contribution in [0.1, 0.15) is 60.1 Å². The van der Waals surface area contributed by atoms with E-state index in [1.54, 1.807) is 24.1 Å². The van der Waals surface area contributed by atoms with Gasteiger partial charge in [-0.3, -0.25) is 14.4 Å². The predicted octanol–water partition coefficient (Wildman–Crippen LogP) is 3.33. The molecule has 4 aliphatic carbocycles. The third-order valence-electron chi connectivity index (χ3n) is 7.76. The second-order valence-electron chi connectivity index (χ2n) is 10.2. The first-order valence-electron chi connectivity index (χ1n) is 13.5. The number of aliphatic hydroxyl groups excluding tert-OH is 1. The highest BCUT2D eigenvalue weighted by molar-refractivity contribution is 5.96. The highest BCUT2D eigenvalue weighted by Gasteiger charge is 2.31. The Kier molecular flexibility index (Phi) is 7.70. The summed E-state index contributed by atoms with van der Waals surface area (Å²) in [6.07, 6.45) is 27.2. The van der Waals surface area contributed by atoms with Gasteiger partial charge in [0.2, 0.25) is 5.91 Å². The van der Waals surface area contributed by atoms with Crippen molar-refractivity contribution in [2.24, 2.45) is 5.92 Å². The first kappa shape index (κ1) is 25.9. The van der Waals surface area contributed by atoms with E-state index in [1.807, 2.05) is 42.5 Å². The fourth-order valence-electron chi connectivity index (χ4n) is 5.61. The van der Waals surface area contributed by atoms with Crippen molar-refractivity contribution in [1.29, 1.82) is 0 Å². The van der Waals surface area contributed by atoms with Gasteiger partial charge >= 0.3 is 0 Å². The largest absolute Gasteiger partial charge is 0.392 e. The van der Waals surface area contributed by atoms with Crippen molar-refractivity contribution < 1.29 is 14.7 Å². The minimum absolute atomic E-state index is 0.000852. The van der Waals surface area contributed by atoms with Crippen molar-refractivity contribution in [3.63, 3.8) is 0 Å². The molecule has 0 aliphatic heterocycles. The molecule has 0 spiro atoms. The summed E-state index contributed by atoms with van der Waals surface area (Å²) in [4.78, 5) is 43.6. The van der Waals surface area contributed by atoms with Gasteiger partial charge in [-0.05, 0) is 67.4 Å². The summed E-state index contributed by atoms with van der Waals surface area (Å²) in [6.45, 7) is -0.0517. The van der Waals surface area contributed by atoms with Gasteiger partial charge in [-0.1, -0.05) is 72.4 Å². The lowest BCUT2D eigenvalue weighted by atomic mass is 9.83. The summed E-state index contributed by atoms with van der Waals surface area (Å²) in [5, 5.41) is 10.7. The molecule has 1 N–H and O–H groups in total. The second-order valence-corrected chi connectivity index (χ2v) is 10.2. The molecule has 1 aromatic heterocycles. The molecule has 0 saturated heterocycles. The van der Waals surface area contributed by atoms with E-state index in [-0.39, 0.29) is 24.1 Å². The lowest BCUT2D eigenvalue weighted by Gasteiger charge is -2.28. The zero-order chi connectivity index (χ0) is 26.6. The highest BCUT2D eigenvalue weighted by Crippen LogP contribution is 2.31. The van der Waals surface area contributed by atoms with E-state index < -0.39 is 17.4 Å². The number of aromatic nitrogens is 1. The van der Waals surface area contributed by atoms with Gasteiger partial charge in [-0.2, -0.15) is 0 Å². The number of carbonyl (C=O) groups is 2. The Morgan fingerprint density at radius 1 is 1.05 bits per heavy atom. The SMILES string of the molecule is CN(C(=O)c1cc2c(n(C(=O)C(C3=CCCC=C3)C3=CC=CCC3)c1=O)=CCCC=2)C1C=CC(CO)=CC1. The Hall–Kier alpha value is -3.77. The van der Waals surface area contributed by atoms with E-state index in [2.05, 4.69) is 18.2 Å². The van der Waals surface area contributed by atoms with E-state index in [1.165, 1.54) is 4.57 Å². The molecular weight excluding hydrogens is 476 g/mol. The molecule has 0 bridgehead atoms. The normalized spacial score (nSPS) is 20.8. The van der Waals surface area contributed by atoms with Gasteiger partial charge in [0, 0.05) is 7.05 Å². The first-order valence-corrected chi connectivity index (χ1v) is 13.5. The number of likely N-dealkylation sites (N-methyl/N-ethyl adjacent to an activating group) is 1. The van der Waals surface area contributed by atoms with Gasteiger partial charge in [-0.15, -0.1) is 0 Å². The number of pyridine rings is 1. The minimum Gasteiger partial charge on any atom is -0.392 e. The van der Waals surface area contributed by atoms with Crippen LogP contribution in [0.3, 0.4) is 0 Å². The number of hydrogen-bond donors (Lipinski definition) is 1. The predicted molar refractivity (Wildman–Crippen MR) is 150 cm³/mol. The van der Waals surface area contributed by atoms with E-state index in [4.69, 9.17) is 0 Å². The quantitative estimate of drug-likeness (QED) is 0.637. The third kappa shape index (κ3) is 5.01. The zero-order valence-electron chi connectivity index (χ0n) is 21.8. The lowest BCUT2D eigenvalue weighted by Crippen LogP contribution is -2.52. The average Bonchev–Trinajstić information content (AvgIpc) is 2.97. The van der Waals surface area contributed by atoms with Crippen molar-refractivity contribution in [2.75, 3.05) is 13.7 Å².